The zero-order chi connectivity index (χ0) is 13.2. The topological polar surface area (TPSA) is 89.7 Å². The van der Waals surface area contributed by atoms with Gasteiger partial charge in [-0.2, -0.15) is 0 Å². The fourth-order valence-corrected chi connectivity index (χ4v) is 1.17. The lowest BCUT2D eigenvalue weighted by molar-refractivity contribution is -0.385. The van der Waals surface area contributed by atoms with Crippen LogP contribution in [-0.4, -0.2) is 22.1 Å². The maximum Gasteiger partial charge on any atom is 0.344 e. The molecule has 0 aliphatic heterocycles. The zero-order valence-corrected chi connectivity index (χ0v) is 9.14. The molecule has 0 amide bonds. The molecule has 1 unspecified atom stereocenters. The maximum atomic E-state index is 13.4. The molecular weight excluding hydrogens is 233 g/mol. The molecule has 1 N–H and O–H groups in total. The number of nitrogens with zero attached hydrogens (tertiary/aromatic N) is 1. The van der Waals surface area contributed by atoms with Crippen LogP contribution in [0.1, 0.15) is 12.5 Å². The second kappa shape index (κ2) is 4.77. The van der Waals surface area contributed by atoms with Gasteiger partial charge in [0.1, 0.15) is 0 Å². The molecule has 0 aliphatic rings. The minimum Gasteiger partial charge on any atom is -0.479 e. The molecule has 0 heterocycles. The highest BCUT2D eigenvalue weighted by Gasteiger charge is 2.19. The van der Waals surface area contributed by atoms with Crippen LogP contribution in [-0.2, 0) is 4.79 Å². The molecule has 1 rings (SSSR count). The molecule has 0 radical (unpaired) electrons. The Balaban J connectivity index is 3.08. The van der Waals surface area contributed by atoms with Crippen LogP contribution in [0.15, 0.2) is 12.1 Å². The number of carboxylic acids is 1. The van der Waals surface area contributed by atoms with Gasteiger partial charge in [-0.25, -0.2) is 9.18 Å². The SMILES string of the molecule is Cc1cc(OC(C)C(=O)O)c(F)cc1[N+](=O)[O-]. The predicted molar refractivity (Wildman–Crippen MR) is 55.5 cm³/mol. The average molecular weight is 243 g/mol. The fourth-order valence-electron chi connectivity index (χ4n) is 1.17. The normalized spacial score (nSPS) is 11.9. The molecule has 6 nitrogen and oxygen atoms in total. The van der Waals surface area contributed by atoms with E-state index in [9.17, 15) is 19.3 Å². The molecule has 0 aromatic heterocycles. The third kappa shape index (κ3) is 2.90. The van der Waals surface area contributed by atoms with E-state index in [1.807, 2.05) is 0 Å². The van der Waals surface area contributed by atoms with E-state index >= 15 is 0 Å². The van der Waals surface area contributed by atoms with Gasteiger partial charge in [-0.1, -0.05) is 0 Å². The summed E-state index contributed by atoms with van der Waals surface area (Å²) in [5.74, 6) is -2.53. The maximum absolute atomic E-state index is 13.4. The number of nitro groups is 1. The molecule has 17 heavy (non-hydrogen) atoms. The first-order valence-corrected chi connectivity index (χ1v) is 4.67. The summed E-state index contributed by atoms with van der Waals surface area (Å²) in [6.07, 6.45) is -1.23. The highest BCUT2D eigenvalue weighted by Crippen LogP contribution is 2.27. The van der Waals surface area contributed by atoms with Crippen molar-refractivity contribution in [3.05, 3.63) is 33.6 Å². The quantitative estimate of drug-likeness (QED) is 0.644. The Hall–Kier alpha value is -2.18. The Morgan fingerprint density at radius 2 is 2.18 bits per heavy atom. The predicted octanol–water partition coefficient (Wildman–Crippen LogP) is 1.89. The first-order valence-electron chi connectivity index (χ1n) is 4.67. The van der Waals surface area contributed by atoms with E-state index in [1.165, 1.54) is 13.8 Å². The number of halogens is 1. The molecule has 0 spiro atoms. The molecule has 0 saturated heterocycles. The summed E-state index contributed by atoms with van der Waals surface area (Å²) in [7, 11) is 0. The Morgan fingerprint density at radius 3 is 2.65 bits per heavy atom. The number of hydrogen-bond acceptors (Lipinski definition) is 4. The molecule has 1 aromatic rings. The van der Waals surface area contributed by atoms with E-state index in [0.29, 0.717) is 6.07 Å². The summed E-state index contributed by atoms with van der Waals surface area (Å²) < 4.78 is 18.2. The van der Waals surface area contributed by atoms with E-state index < -0.39 is 22.8 Å². The first kappa shape index (κ1) is 12.9. The second-order valence-electron chi connectivity index (χ2n) is 3.42. The van der Waals surface area contributed by atoms with Crippen molar-refractivity contribution in [3.8, 4) is 5.75 Å². The Bertz CT molecular complexity index is 474. The van der Waals surface area contributed by atoms with Crippen LogP contribution < -0.4 is 4.74 Å². The van der Waals surface area contributed by atoms with Crippen molar-refractivity contribution in [1.82, 2.24) is 0 Å². The van der Waals surface area contributed by atoms with Crippen molar-refractivity contribution in [3.63, 3.8) is 0 Å². The first-order chi connectivity index (χ1) is 7.82. The number of carbonyl (C=O) groups is 1. The molecule has 1 atom stereocenters. The van der Waals surface area contributed by atoms with Crippen molar-refractivity contribution in [2.24, 2.45) is 0 Å². The third-order valence-corrected chi connectivity index (χ3v) is 2.10. The number of aliphatic carboxylic acids is 1. The smallest absolute Gasteiger partial charge is 0.344 e. The Morgan fingerprint density at radius 1 is 1.59 bits per heavy atom. The van der Waals surface area contributed by atoms with E-state index in [2.05, 4.69) is 0 Å². The van der Waals surface area contributed by atoms with Gasteiger partial charge in [-0.15, -0.1) is 0 Å². The van der Waals surface area contributed by atoms with Crippen molar-refractivity contribution in [2.45, 2.75) is 20.0 Å². The van der Waals surface area contributed by atoms with Gasteiger partial charge in [0, 0.05) is 5.56 Å². The van der Waals surface area contributed by atoms with E-state index in [-0.39, 0.29) is 17.0 Å². The van der Waals surface area contributed by atoms with Crippen molar-refractivity contribution in [2.75, 3.05) is 0 Å². The van der Waals surface area contributed by atoms with E-state index in [1.54, 1.807) is 0 Å². The van der Waals surface area contributed by atoms with Crippen LogP contribution in [0.4, 0.5) is 10.1 Å². The van der Waals surface area contributed by atoms with Gasteiger partial charge in [-0.05, 0) is 19.9 Å². The molecule has 1 aromatic carbocycles. The highest BCUT2D eigenvalue weighted by molar-refractivity contribution is 5.72. The van der Waals surface area contributed by atoms with Crippen molar-refractivity contribution in [1.29, 1.82) is 0 Å². The van der Waals surface area contributed by atoms with Gasteiger partial charge < -0.3 is 9.84 Å². The number of hydrogen-bond donors (Lipinski definition) is 1. The van der Waals surface area contributed by atoms with Gasteiger partial charge in [0.05, 0.1) is 11.0 Å². The number of aryl methyl sites for hydroxylation is 1. The number of rotatable bonds is 4. The second-order valence-corrected chi connectivity index (χ2v) is 3.42. The van der Waals surface area contributed by atoms with Crippen LogP contribution in [0.2, 0.25) is 0 Å². The van der Waals surface area contributed by atoms with Gasteiger partial charge in [-0.3, -0.25) is 10.1 Å². The summed E-state index contributed by atoms with van der Waals surface area (Å²) in [6.45, 7) is 2.65. The van der Waals surface area contributed by atoms with Crippen LogP contribution in [0.25, 0.3) is 0 Å². The molecule has 0 saturated carbocycles. The van der Waals surface area contributed by atoms with Crippen LogP contribution in [0, 0.1) is 22.9 Å². The van der Waals surface area contributed by atoms with Crippen LogP contribution in [0.3, 0.4) is 0 Å². The van der Waals surface area contributed by atoms with Gasteiger partial charge in [0.2, 0.25) is 0 Å². The summed E-state index contributed by atoms with van der Waals surface area (Å²) >= 11 is 0. The zero-order valence-electron chi connectivity index (χ0n) is 9.14. The summed E-state index contributed by atoms with van der Waals surface area (Å²) in [4.78, 5) is 20.3. The monoisotopic (exact) mass is 243 g/mol. The van der Waals surface area contributed by atoms with E-state index in [0.717, 1.165) is 6.07 Å². The lowest BCUT2D eigenvalue weighted by atomic mass is 10.2. The number of nitro benzene ring substituents is 1. The Kier molecular flexibility index (Phi) is 3.62. The summed E-state index contributed by atoms with van der Waals surface area (Å²) in [6, 6.07) is 1.81. The van der Waals surface area contributed by atoms with E-state index in [4.69, 9.17) is 9.84 Å². The lowest BCUT2D eigenvalue weighted by Gasteiger charge is -2.11. The Labute approximate surface area is 95.8 Å². The molecule has 92 valence electrons. The molecule has 7 heteroatoms. The molecule has 0 aliphatic carbocycles. The van der Waals surface area contributed by atoms with Crippen molar-refractivity contribution >= 4 is 11.7 Å². The average Bonchev–Trinajstić information content (AvgIpc) is 2.22. The third-order valence-electron chi connectivity index (χ3n) is 2.10. The molecule has 0 fully saturated rings. The highest BCUT2D eigenvalue weighted by atomic mass is 19.1. The summed E-state index contributed by atoms with van der Waals surface area (Å²) in [5, 5.41) is 19.1. The molecular formula is C10H10FNO5. The molecule has 0 bridgehead atoms. The minimum atomic E-state index is -1.25. The summed E-state index contributed by atoms with van der Waals surface area (Å²) in [5.41, 5.74) is -0.179. The van der Waals surface area contributed by atoms with Crippen molar-refractivity contribution < 1.29 is 24.0 Å². The minimum absolute atomic E-state index is 0.198. The number of benzene rings is 1. The van der Waals surface area contributed by atoms with Gasteiger partial charge >= 0.3 is 5.97 Å². The fraction of sp³-hybridized carbons (Fsp3) is 0.300. The number of ether oxygens (including phenoxy) is 1. The number of carboxylic acid groups (broad SMARTS) is 1. The lowest BCUT2D eigenvalue weighted by Crippen LogP contribution is -2.23. The van der Waals surface area contributed by atoms with Gasteiger partial charge in [0.25, 0.3) is 5.69 Å². The largest absolute Gasteiger partial charge is 0.479 e. The van der Waals surface area contributed by atoms with Crippen LogP contribution in [0.5, 0.6) is 5.75 Å². The van der Waals surface area contributed by atoms with Gasteiger partial charge in [0.15, 0.2) is 17.7 Å². The van der Waals surface area contributed by atoms with Crippen LogP contribution >= 0.6 is 0 Å². The standard InChI is InChI=1S/C10H10FNO5/c1-5-3-9(17-6(2)10(13)14)7(11)4-8(5)12(15)16/h3-4,6H,1-2H3,(H,13,14).